The molecule has 4 aliphatic rings. The van der Waals surface area contributed by atoms with Gasteiger partial charge in [0, 0.05) is 164 Å². The predicted molar refractivity (Wildman–Crippen MR) is 408 cm³/mol. The van der Waals surface area contributed by atoms with Crippen LogP contribution in [-0.4, -0.2) is 216 Å². The number of hydrogen-bond donors (Lipinski definition) is 6. The zero-order valence-electron chi connectivity index (χ0n) is 63.2. The molecular formula is C75H101N23O9S. The maximum absolute atomic E-state index is 14.0. The molecule has 32 nitrogen and oxygen atoms in total. The van der Waals surface area contributed by atoms with E-state index in [0.29, 0.717) is 56.1 Å². The van der Waals surface area contributed by atoms with Crippen molar-refractivity contribution in [3.05, 3.63) is 120 Å². The van der Waals surface area contributed by atoms with Gasteiger partial charge in [0.15, 0.2) is 22.3 Å². The summed E-state index contributed by atoms with van der Waals surface area (Å²) in [4.78, 5) is 29.9. The van der Waals surface area contributed by atoms with Gasteiger partial charge in [0.25, 0.3) is 0 Å². The van der Waals surface area contributed by atoms with Crippen LogP contribution in [-0.2, 0) is 50.9 Å². The normalized spacial score (nSPS) is 21.7. The summed E-state index contributed by atoms with van der Waals surface area (Å²) in [6.45, 7) is 13.3. The number of aliphatic hydroxyl groups is 1. The SMILES string of the molecule is COC[C@H](C)Nc1ncc2c(-c3cnn(C(O[C@H]4CC[C@H](c5cc(-c6cnn(C(O[C@H]7CC[C@H](c8cc(-c9cnn(C(C)(C)C(=O)N%10CCS(=O)(=O)CC%10)c9)c9cnc(N[C@@H](C)COC)nn98)CC7)/C(C=N)=C/N)c6)c6cnc(N[C@@H](C)COC)nn65)CC4)c4cc(C)nn4C)c3)cc(C3CCC(O)CC3)n2n1. The first-order valence-electron chi connectivity index (χ1n) is 37.6. The molecule has 0 aromatic carbocycles. The van der Waals surface area contributed by atoms with Crippen molar-refractivity contribution in [1.82, 2.24) is 87.8 Å². The second kappa shape index (κ2) is 32.0. The van der Waals surface area contributed by atoms with Crippen LogP contribution in [0.5, 0.6) is 0 Å². The lowest BCUT2D eigenvalue weighted by Gasteiger charge is -2.34. The summed E-state index contributed by atoms with van der Waals surface area (Å²) in [5, 5.41) is 64.1. The van der Waals surface area contributed by atoms with Crippen LogP contribution in [0.3, 0.4) is 0 Å². The van der Waals surface area contributed by atoms with Crippen molar-refractivity contribution in [2.45, 2.75) is 191 Å². The van der Waals surface area contributed by atoms with Crippen LogP contribution in [0.15, 0.2) is 91.8 Å². The van der Waals surface area contributed by atoms with E-state index in [1.165, 1.54) is 12.4 Å². The van der Waals surface area contributed by atoms with Gasteiger partial charge in [-0.1, -0.05) is 0 Å². The number of anilines is 3. The monoisotopic (exact) mass is 1500 g/mol. The predicted octanol–water partition coefficient (Wildman–Crippen LogP) is 8.82. The molecule has 10 aromatic rings. The fourth-order valence-electron chi connectivity index (χ4n) is 16.1. The highest BCUT2D eigenvalue weighted by molar-refractivity contribution is 7.91. The van der Waals surface area contributed by atoms with Gasteiger partial charge in [0.05, 0.1) is 115 Å². The number of fused-ring (bicyclic) bond motifs is 3. The quantitative estimate of drug-likeness (QED) is 0.0238. The van der Waals surface area contributed by atoms with Gasteiger partial charge >= 0.3 is 0 Å². The maximum atomic E-state index is 14.0. The molecule has 1 saturated heterocycles. The maximum Gasteiger partial charge on any atom is 0.250 e. The lowest BCUT2D eigenvalue weighted by atomic mass is 9.85. The number of aromatic nitrogens is 17. The number of nitrogens with zero attached hydrogens (tertiary/aromatic N) is 18. The van der Waals surface area contributed by atoms with E-state index in [1.54, 1.807) is 61.8 Å². The molecule has 3 aliphatic carbocycles. The van der Waals surface area contributed by atoms with Crippen molar-refractivity contribution in [2.75, 3.05) is 81.7 Å². The first kappa shape index (κ1) is 75.3. The zero-order chi connectivity index (χ0) is 75.7. The Morgan fingerprint density at radius 3 is 1.47 bits per heavy atom. The lowest BCUT2D eigenvalue weighted by Crippen LogP contribution is -2.52. The van der Waals surface area contributed by atoms with Crippen LogP contribution in [0.25, 0.3) is 49.9 Å². The van der Waals surface area contributed by atoms with Crippen LogP contribution in [0.2, 0.25) is 0 Å². The number of nitrogens with two attached hydrogens (primary N) is 1. The Bertz CT molecular complexity index is 4950. The number of aliphatic hydroxyl groups excluding tert-OH is 1. The van der Waals surface area contributed by atoms with E-state index in [2.05, 4.69) is 40.2 Å². The fourth-order valence-corrected chi connectivity index (χ4v) is 17.3. The second-order valence-corrected chi connectivity index (χ2v) is 32.6. The largest absolute Gasteiger partial charge is 0.404 e. The van der Waals surface area contributed by atoms with Gasteiger partial charge in [-0.2, -0.15) is 20.4 Å². The Hall–Kier alpha value is -9.51. The van der Waals surface area contributed by atoms with E-state index in [9.17, 15) is 18.3 Å². The Labute approximate surface area is 627 Å². The molecular weight excluding hydrogens is 1400 g/mol. The average molecular weight is 1500 g/mol. The Balaban J connectivity index is 0.698. The smallest absolute Gasteiger partial charge is 0.250 e. The van der Waals surface area contributed by atoms with Crippen molar-refractivity contribution in [3.63, 3.8) is 0 Å². The van der Waals surface area contributed by atoms with Crippen molar-refractivity contribution in [2.24, 2.45) is 12.8 Å². The van der Waals surface area contributed by atoms with Gasteiger partial charge in [-0.05, 0) is 143 Å². The third kappa shape index (κ3) is 15.9. The van der Waals surface area contributed by atoms with Gasteiger partial charge in [-0.25, -0.2) is 46.3 Å². The minimum atomic E-state index is -3.19. The minimum Gasteiger partial charge on any atom is -0.404 e. The number of methoxy groups -OCH3 is 3. The van der Waals surface area contributed by atoms with Crippen LogP contribution < -0.4 is 21.7 Å². The lowest BCUT2D eigenvalue weighted by molar-refractivity contribution is -0.139. The Kier molecular flexibility index (Phi) is 22.3. The van der Waals surface area contributed by atoms with E-state index >= 15 is 0 Å². The van der Waals surface area contributed by atoms with Gasteiger partial charge in [0.1, 0.15) is 5.54 Å². The number of rotatable bonds is 29. The zero-order valence-corrected chi connectivity index (χ0v) is 64.0. The van der Waals surface area contributed by atoms with Crippen LogP contribution in [0.1, 0.15) is 170 Å². The molecule has 33 heteroatoms. The van der Waals surface area contributed by atoms with E-state index in [1.807, 2.05) is 101 Å². The van der Waals surface area contributed by atoms with Gasteiger partial charge < -0.3 is 60.8 Å². The molecule has 5 atom stereocenters. The van der Waals surface area contributed by atoms with Crippen molar-refractivity contribution in [1.29, 1.82) is 5.41 Å². The molecule has 0 radical (unpaired) electrons. The topological polar surface area (TPSA) is 369 Å². The molecule has 1 amide bonds. The molecule has 10 aromatic heterocycles. The average Bonchev–Trinajstić information content (AvgIpc) is 1.60. The molecule has 4 fully saturated rings. The molecule has 7 N–H and O–H groups in total. The van der Waals surface area contributed by atoms with Crippen LogP contribution in [0.4, 0.5) is 17.8 Å². The molecule has 576 valence electrons. The molecule has 14 rings (SSSR count). The first-order chi connectivity index (χ1) is 52.1. The van der Waals surface area contributed by atoms with Gasteiger partial charge in [0.2, 0.25) is 23.8 Å². The van der Waals surface area contributed by atoms with E-state index < -0.39 is 27.8 Å². The van der Waals surface area contributed by atoms with Crippen LogP contribution >= 0.6 is 0 Å². The number of amides is 1. The van der Waals surface area contributed by atoms with E-state index in [-0.39, 0.29) is 84.7 Å². The Morgan fingerprint density at radius 2 is 1.04 bits per heavy atom. The number of nitrogens with one attached hydrogen (secondary N) is 4. The third-order valence-corrected chi connectivity index (χ3v) is 23.4. The highest BCUT2D eigenvalue weighted by atomic mass is 32.2. The molecule has 0 bridgehead atoms. The summed E-state index contributed by atoms with van der Waals surface area (Å²) in [6, 6.07) is 8.50. The van der Waals surface area contributed by atoms with Crippen molar-refractivity contribution < 1.29 is 42.0 Å². The van der Waals surface area contributed by atoms with Crippen molar-refractivity contribution in [3.8, 4) is 33.4 Å². The summed E-state index contributed by atoms with van der Waals surface area (Å²) in [5.41, 5.74) is 18.1. The fraction of sp³-hybridized carbons (Fsp3) is 0.547. The van der Waals surface area contributed by atoms with Crippen LogP contribution in [0, 0.1) is 12.3 Å². The highest BCUT2D eigenvalue weighted by Crippen LogP contribution is 2.44. The summed E-state index contributed by atoms with van der Waals surface area (Å²) < 4.78 is 68.3. The Morgan fingerprint density at radius 1 is 0.611 bits per heavy atom. The standard InChI is InChI=1S/C75H101N23O9S/c1-45-27-65(91(7)87-45)70(94-40-54(34-82-94)60-28-62(49-11-17-56(99)18-12-49)96-67(60)37-79-72(88-96)84-46(2)42-103-8)107-58-21-15-51(16-22-58)63-29-59(66-36-78-73(89-97(63)66)85-47(3)43-104-9)53-33-81-93(39-53)69(52(31-76)32-77)106-57-19-13-50(14-20-57)64-30-61(68-38-80-74(90-98(64)68)86-48(4)44-105-10)55-35-83-95(41-55)75(5,6)71(100)92-23-25-108(101,102)26-24-92/h27-41,46-51,56-58,69-70,76,99H,11-26,42-44,77H2,1-10H3,(H,84,88)(H,85,89)(H,86,90)/b52-32+,76-31?/t46-,47-,48-,49?,50-,51-,56?,57-,58-,69?,70?/m0/s1. The molecule has 2 unspecified atom stereocenters. The third-order valence-electron chi connectivity index (χ3n) is 21.8. The van der Waals surface area contributed by atoms with E-state index in [0.717, 1.165) is 143 Å². The first-order valence-corrected chi connectivity index (χ1v) is 39.4. The number of ether oxygens (including phenoxy) is 5. The number of carbonyl (C=O) groups excluding carboxylic acids is 1. The number of aryl methyl sites for hydroxylation is 2. The molecule has 3 saturated carbocycles. The molecule has 108 heavy (non-hydrogen) atoms. The minimum absolute atomic E-state index is 0.00420. The summed E-state index contributed by atoms with van der Waals surface area (Å²) >= 11 is 0. The van der Waals surface area contributed by atoms with Gasteiger partial charge in [-0.3, -0.25) is 14.2 Å². The number of sulfone groups is 1. The summed E-state index contributed by atoms with van der Waals surface area (Å²) in [5.74, 6) is 1.44. The molecule has 11 heterocycles. The second-order valence-electron chi connectivity index (χ2n) is 30.3. The summed E-state index contributed by atoms with van der Waals surface area (Å²) in [6.07, 6.45) is 26.5. The molecule has 0 spiro atoms. The van der Waals surface area contributed by atoms with Gasteiger partial charge in [-0.15, -0.1) is 15.3 Å². The number of carbonyl (C=O) groups is 1. The van der Waals surface area contributed by atoms with E-state index in [4.69, 9.17) is 85.5 Å². The highest BCUT2D eigenvalue weighted by Gasteiger charge is 2.39. The number of hydrogen-bond acceptors (Lipinski definition) is 24. The van der Waals surface area contributed by atoms with Crippen molar-refractivity contribution >= 4 is 56.4 Å². The summed E-state index contributed by atoms with van der Waals surface area (Å²) in [7, 11) is 3.76. The molecule has 1 aliphatic heterocycles.